The molecule has 1 aromatic heterocycles. The van der Waals surface area contributed by atoms with Gasteiger partial charge in [-0.1, -0.05) is 11.3 Å². The second-order valence-electron chi connectivity index (χ2n) is 1.71. The highest BCUT2D eigenvalue weighted by atomic mass is 32.2. The first kappa shape index (κ1) is 8.35. The molecule has 0 amide bonds. The van der Waals surface area contributed by atoms with E-state index in [0.717, 1.165) is 0 Å². The molecule has 1 radical (unpaired) electrons. The van der Waals surface area contributed by atoms with Crippen molar-refractivity contribution in [2.45, 2.75) is 10.8 Å². The number of nitrogens with zero attached hydrogens (tertiary/aromatic N) is 2. The minimum Gasteiger partial charge on any atom is -0.469 e. The van der Waals surface area contributed by atoms with E-state index in [2.05, 4.69) is 14.9 Å². The van der Waals surface area contributed by atoms with Gasteiger partial charge in [-0.25, -0.2) is 0 Å². The molecular formula is C5H5N2O2S2. The van der Waals surface area contributed by atoms with Crippen LogP contribution in [0.3, 0.4) is 0 Å². The largest absolute Gasteiger partial charge is 0.469 e. The van der Waals surface area contributed by atoms with Gasteiger partial charge in [0.25, 0.3) is 0 Å². The molecule has 0 spiro atoms. The van der Waals surface area contributed by atoms with E-state index in [-0.39, 0.29) is 12.4 Å². The smallest absolute Gasteiger partial charge is 0.312 e. The maximum Gasteiger partial charge on any atom is 0.312 e. The Balaban J connectivity index is 2.57. The molecule has 4 nitrogen and oxygen atoms in total. The summed E-state index contributed by atoms with van der Waals surface area (Å²) in [6.45, 7) is 0. The minimum absolute atomic E-state index is 0.158. The van der Waals surface area contributed by atoms with E-state index in [9.17, 15) is 4.79 Å². The summed E-state index contributed by atoms with van der Waals surface area (Å²) >= 11 is 5.94. The van der Waals surface area contributed by atoms with Crippen molar-refractivity contribution >= 4 is 29.9 Å². The molecular weight excluding hydrogens is 184 g/mol. The molecule has 59 valence electrons. The summed E-state index contributed by atoms with van der Waals surface area (Å²) in [5.74, 6) is -0.323. The zero-order valence-electron chi connectivity index (χ0n) is 5.73. The van der Waals surface area contributed by atoms with Crippen LogP contribution >= 0.6 is 24.0 Å². The van der Waals surface area contributed by atoms with Crippen LogP contribution in [-0.2, 0) is 16.0 Å². The van der Waals surface area contributed by atoms with E-state index in [0.29, 0.717) is 9.35 Å². The zero-order chi connectivity index (χ0) is 8.27. The summed E-state index contributed by atoms with van der Waals surface area (Å²) in [5, 5.41) is 7.85. The topological polar surface area (TPSA) is 52.1 Å². The predicted molar refractivity (Wildman–Crippen MR) is 41.5 cm³/mol. The molecule has 0 aromatic carbocycles. The van der Waals surface area contributed by atoms with Crippen molar-refractivity contribution < 1.29 is 9.53 Å². The number of ether oxygens (including phenoxy) is 1. The van der Waals surface area contributed by atoms with Gasteiger partial charge in [0.15, 0.2) is 0 Å². The second-order valence-corrected chi connectivity index (χ2v) is 3.42. The highest BCUT2D eigenvalue weighted by Gasteiger charge is 2.07. The Labute approximate surface area is 73.0 Å². The number of carbonyl (C=O) groups is 1. The Kier molecular flexibility index (Phi) is 2.72. The summed E-state index contributed by atoms with van der Waals surface area (Å²) in [6, 6.07) is 0. The maximum atomic E-state index is 10.7. The van der Waals surface area contributed by atoms with Crippen LogP contribution in [0.25, 0.3) is 0 Å². The molecule has 1 aromatic rings. The third-order valence-corrected chi connectivity index (χ3v) is 2.02. The van der Waals surface area contributed by atoms with Crippen molar-refractivity contribution in [2.24, 2.45) is 0 Å². The van der Waals surface area contributed by atoms with Crippen LogP contribution in [-0.4, -0.2) is 23.3 Å². The fraction of sp³-hybridized carbons (Fsp3) is 0.400. The lowest BCUT2D eigenvalue weighted by molar-refractivity contribution is -0.139. The number of esters is 1. The van der Waals surface area contributed by atoms with Crippen molar-refractivity contribution in [3.05, 3.63) is 5.01 Å². The van der Waals surface area contributed by atoms with Crippen molar-refractivity contribution in [1.29, 1.82) is 0 Å². The minimum atomic E-state index is -0.323. The second kappa shape index (κ2) is 3.59. The number of carbonyl (C=O) groups excluding carboxylic acids is 1. The number of hydrogen-bond acceptors (Lipinski definition) is 5. The van der Waals surface area contributed by atoms with Crippen LogP contribution in [0.4, 0.5) is 0 Å². The van der Waals surface area contributed by atoms with Gasteiger partial charge in [-0.15, -0.1) is 10.2 Å². The van der Waals surface area contributed by atoms with Gasteiger partial charge < -0.3 is 4.74 Å². The monoisotopic (exact) mass is 189 g/mol. The highest BCUT2D eigenvalue weighted by molar-refractivity contribution is 7.82. The fourth-order valence-corrected chi connectivity index (χ4v) is 1.39. The first-order valence-corrected chi connectivity index (χ1v) is 4.01. The SMILES string of the molecule is COC(=O)Cc1nnc([S])s1. The molecule has 0 atom stereocenters. The quantitative estimate of drug-likeness (QED) is 0.646. The molecule has 0 unspecified atom stereocenters. The molecule has 0 bridgehead atoms. The summed E-state index contributed by atoms with van der Waals surface area (Å²) in [7, 11) is 1.33. The zero-order valence-corrected chi connectivity index (χ0v) is 7.37. The average Bonchev–Trinajstić information content (AvgIpc) is 2.35. The van der Waals surface area contributed by atoms with Gasteiger partial charge in [0.05, 0.1) is 13.5 Å². The number of rotatable bonds is 2. The Hall–Kier alpha value is -0.750. The Bertz CT molecular complexity index is 261. The average molecular weight is 189 g/mol. The van der Waals surface area contributed by atoms with Crippen molar-refractivity contribution in [2.75, 3.05) is 7.11 Å². The maximum absolute atomic E-state index is 10.7. The number of methoxy groups -OCH3 is 1. The van der Waals surface area contributed by atoms with Gasteiger partial charge in [0.2, 0.25) is 4.34 Å². The van der Waals surface area contributed by atoms with E-state index in [1.807, 2.05) is 0 Å². The Morgan fingerprint density at radius 2 is 2.45 bits per heavy atom. The van der Waals surface area contributed by atoms with E-state index < -0.39 is 0 Å². The van der Waals surface area contributed by atoms with E-state index >= 15 is 0 Å². The normalized spacial score (nSPS) is 9.55. The van der Waals surface area contributed by atoms with Crippen LogP contribution in [0.1, 0.15) is 5.01 Å². The molecule has 0 fully saturated rings. The standard InChI is InChI=1S/C5H5N2O2S2/c1-9-4(8)2-3-6-7-5(10)11-3/h2H2,1H3. The van der Waals surface area contributed by atoms with Gasteiger partial charge in [-0.2, -0.15) is 0 Å². The van der Waals surface area contributed by atoms with Gasteiger partial charge in [0, 0.05) is 0 Å². The molecule has 0 N–H and O–H groups in total. The van der Waals surface area contributed by atoms with Gasteiger partial charge >= 0.3 is 5.97 Å². The molecule has 11 heavy (non-hydrogen) atoms. The summed E-state index contributed by atoms with van der Waals surface area (Å²) in [4.78, 5) is 10.7. The highest BCUT2D eigenvalue weighted by Crippen LogP contribution is 2.13. The summed E-state index contributed by atoms with van der Waals surface area (Å²) in [6.07, 6.45) is 0.158. The van der Waals surface area contributed by atoms with Gasteiger partial charge in [-0.05, 0) is 12.6 Å². The van der Waals surface area contributed by atoms with Crippen molar-refractivity contribution in [1.82, 2.24) is 10.2 Å². The molecule has 0 aliphatic carbocycles. The van der Waals surface area contributed by atoms with E-state index in [1.165, 1.54) is 18.4 Å². The van der Waals surface area contributed by atoms with Crippen LogP contribution < -0.4 is 0 Å². The van der Waals surface area contributed by atoms with Gasteiger partial charge in [0.1, 0.15) is 5.01 Å². The molecule has 1 heterocycles. The molecule has 0 aliphatic rings. The first-order valence-electron chi connectivity index (χ1n) is 2.78. The third kappa shape index (κ3) is 2.39. The van der Waals surface area contributed by atoms with Crippen LogP contribution in [0.2, 0.25) is 0 Å². The predicted octanol–water partition coefficient (Wildman–Crippen LogP) is 0.810. The lowest BCUT2D eigenvalue weighted by Crippen LogP contribution is -2.03. The van der Waals surface area contributed by atoms with Crippen LogP contribution in [0, 0.1) is 0 Å². The van der Waals surface area contributed by atoms with Gasteiger partial charge in [-0.3, -0.25) is 4.79 Å². The lowest BCUT2D eigenvalue weighted by atomic mass is 10.5. The number of aromatic nitrogens is 2. The van der Waals surface area contributed by atoms with E-state index in [4.69, 9.17) is 12.6 Å². The summed E-state index contributed by atoms with van der Waals surface area (Å²) < 4.78 is 4.88. The first-order chi connectivity index (χ1) is 5.22. The van der Waals surface area contributed by atoms with Crippen molar-refractivity contribution in [3.8, 4) is 0 Å². The third-order valence-electron chi connectivity index (χ3n) is 0.972. The fourth-order valence-electron chi connectivity index (χ4n) is 0.505. The summed E-state index contributed by atoms with van der Waals surface area (Å²) in [5.41, 5.74) is 0. The molecule has 0 aliphatic heterocycles. The molecule has 0 saturated carbocycles. The Morgan fingerprint density at radius 3 is 2.91 bits per heavy atom. The van der Waals surface area contributed by atoms with Crippen molar-refractivity contribution in [3.63, 3.8) is 0 Å². The number of hydrogen-bond donors (Lipinski definition) is 0. The molecule has 0 saturated heterocycles. The van der Waals surface area contributed by atoms with Crippen LogP contribution in [0.5, 0.6) is 0 Å². The molecule has 6 heteroatoms. The molecule has 1 rings (SSSR count). The lowest BCUT2D eigenvalue weighted by Gasteiger charge is -1.91. The Morgan fingerprint density at radius 1 is 1.73 bits per heavy atom. The van der Waals surface area contributed by atoms with E-state index in [1.54, 1.807) is 0 Å². The van der Waals surface area contributed by atoms with Crippen LogP contribution in [0.15, 0.2) is 4.34 Å².